The number of hydrogen-bond donors (Lipinski definition) is 1. The van der Waals surface area contributed by atoms with Crippen LogP contribution in [0.3, 0.4) is 0 Å². The van der Waals surface area contributed by atoms with Crippen LogP contribution in [0.5, 0.6) is 11.5 Å². The summed E-state index contributed by atoms with van der Waals surface area (Å²) in [6.45, 7) is 0.465. The van der Waals surface area contributed by atoms with Gasteiger partial charge in [-0.1, -0.05) is 40.3 Å². The molecule has 0 aliphatic heterocycles. The standard InChI is InChI=1S/C16H16BrNO2S/c1-19-14-6-7-15(17)12(9-14)10-20-13-4-2-11(3-5-13)8-16(18)21/h2-7,9H,8,10H2,1H3,(H2,18,21). The summed E-state index contributed by atoms with van der Waals surface area (Å²) in [5.74, 6) is 1.61. The molecule has 0 atom stereocenters. The zero-order valence-electron chi connectivity index (χ0n) is 11.6. The third-order valence-corrected chi connectivity index (χ3v) is 3.87. The van der Waals surface area contributed by atoms with E-state index in [0.29, 0.717) is 18.0 Å². The molecule has 0 radical (unpaired) electrons. The Hall–Kier alpha value is -1.59. The second-order valence-electron chi connectivity index (χ2n) is 4.53. The predicted molar refractivity (Wildman–Crippen MR) is 92.0 cm³/mol. The fourth-order valence-corrected chi connectivity index (χ4v) is 2.38. The first kappa shape index (κ1) is 15.8. The SMILES string of the molecule is COc1ccc(Br)c(COc2ccc(CC(N)=S)cc2)c1. The van der Waals surface area contributed by atoms with Crippen molar-refractivity contribution in [3.8, 4) is 11.5 Å². The Morgan fingerprint density at radius 2 is 1.81 bits per heavy atom. The molecule has 21 heavy (non-hydrogen) atoms. The molecule has 0 bridgehead atoms. The second kappa shape index (κ2) is 7.43. The quantitative estimate of drug-likeness (QED) is 0.789. The first-order valence-electron chi connectivity index (χ1n) is 6.41. The summed E-state index contributed by atoms with van der Waals surface area (Å²) in [6, 6.07) is 13.6. The Bertz CT molecular complexity index is 629. The molecule has 2 aromatic rings. The van der Waals surface area contributed by atoms with Crippen LogP contribution in [0.25, 0.3) is 0 Å². The Labute approximate surface area is 138 Å². The van der Waals surface area contributed by atoms with Crippen LogP contribution in [-0.2, 0) is 13.0 Å². The summed E-state index contributed by atoms with van der Waals surface area (Å²) >= 11 is 8.40. The summed E-state index contributed by atoms with van der Waals surface area (Å²) in [4.78, 5) is 0.490. The molecule has 2 aromatic carbocycles. The Balaban J connectivity index is 2.01. The number of rotatable bonds is 6. The summed E-state index contributed by atoms with van der Waals surface area (Å²) in [5, 5.41) is 0. The minimum atomic E-state index is 0.465. The van der Waals surface area contributed by atoms with E-state index in [4.69, 9.17) is 27.4 Å². The maximum atomic E-state index is 5.78. The third-order valence-electron chi connectivity index (χ3n) is 2.95. The summed E-state index contributed by atoms with van der Waals surface area (Å²) in [6.07, 6.45) is 0.608. The molecule has 0 heterocycles. The van der Waals surface area contributed by atoms with Crippen LogP contribution in [0.2, 0.25) is 0 Å². The van der Waals surface area contributed by atoms with Crippen LogP contribution in [0.4, 0.5) is 0 Å². The van der Waals surface area contributed by atoms with Gasteiger partial charge >= 0.3 is 0 Å². The largest absolute Gasteiger partial charge is 0.497 e. The normalized spacial score (nSPS) is 10.2. The van der Waals surface area contributed by atoms with E-state index in [2.05, 4.69) is 15.9 Å². The van der Waals surface area contributed by atoms with Crippen LogP contribution in [-0.4, -0.2) is 12.1 Å². The number of thiocarbonyl (C=S) groups is 1. The number of benzene rings is 2. The number of halogens is 1. The molecule has 2 rings (SSSR count). The molecular formula is C16H16BrNO2S. The number of nitrogens with two attached hydrogens (primary N) is 1. The molecule has 2 N–H and O–H groups in total. The Kier molecular flexibility index (Phi) is 5.59. The number of methoxy groups -OCH3 is 1. The van der Waals surface area contributed by atoms with Gasteiger partial charge in [-0.25, -0.2) is 0 Å². The lowest BCUT2D eigenvalue weighted by Gasteiger charge is -2.10. The minimum Gasteiger partial charge on any atom is -0.497 e. The van der Waals surface area contributed by atoms with E-state index < -0.39 is 0 Å². The van der Waals surface area contributed by atoms with Gasteiger partial charge in [-0.3, -0.25) is 0 Å². The first-order valence-corrected chi connectivity index (χ1v) is 7.61. The number of hydrogen-bond acceptors (Lipinski definition) is 3. The van der Waals surface area contributed by atoms with Crippen molar-refractivity contribution in [2.75, 3.05) is 7.11 Å². The highest BCUT2D eigenvalue weighted by Gasteiger charge is 2.04. The Morgan fingerprint density at radius 3 is 2.43 bits per heavy atom. The fourth-order valence-electron chi connectivity index (χ4n) is 1.85. The van der Waals surface area contributed by atoms with Crippen molar-refractivity contribution in [3.05, 3.63) is 58.1 Å². The summed E-state index contributed by atoms with van der Waals surface area (Å²) < 4.78 is 12.0. The van der Waals surface area contributed by atoms with Crippen molar-refractivity contribution in [2.45, 2.75) is 13.0 Å². The lowest BCUT2D eigenvalue weighted by molar-refractivity contribution is 0.304. The lowest BCUT2D eigenvalue weighted by Crippen LogP contribution is -2.10. The molecule has 0 unspecified atom stereocenters. The van der Waals surface area contributed by atoms with Crippen LogP contribution >= 0.6 is 28.1 Å². The van der Waals surface area contributed by atoms with E-state index in [9.17, 15) is 0 Å². The summed E-state index contributed by atoms with van der Waals surface area (Å²) in [5.41, 5.74) is 7.63. The number of ether oxygens (including phenoxy) is 2. The Morgan fingerprint density at radius 1 is 1.14 bits per heavy atom. The highest BCUT2D eigenvalue weighted by molar-refractivity contribution is 9.10. The van der Waals surface area contributed by atoms with E-state index in [-0.39, 0.29) is 0 Å². The molecular weight excluding hydrogens is 350 g/mol. The molecule has 0 saturated heterocycles. The molecule has 0 aliphatic carbocycles. The van der Waals surface area contributed by atoms with Gasteiger partial charge in [-0.05, 0) is 35.9 Å². The van der Waals surface area contributed by atoms with Gasteiger partial charge in [-0.2, -0.15) is 0 Å². The van der Waals surface area contributed by atoms with E-state index in [1.807, 2.05) is 42.5 Å². The topological polar surface area (TPSA) is 44.5 Å². The molecule has 0 saturated carbocycles. The van der Waals surface area contributed by atoms with E-state index >= 15 is 0 Å². The molecule has 110 valence electrons. The van der Waals surface area contributed by atoms with Gasteiger partial charge < -0.3 is 15.2 Å². The maximum Gasteiger partial charge on any atom is 0.119 e. The summed E-state index contributed by atoms with van der Waals surface area (Å²) in [7, 11) is 1.65. The van der Waals surface area contributed by atoms with E-state index in [0.717, 1.165) is 27.1 Å². The maximum absolute atomic E-state index is 5.78. The average molecular weight is 366 g/mol. The molecule has 0 spiro atoms. The van der Waals surface area contributed by atoms with Crippen LogP contribution in [0.1, 0.15) is 11.1 Å². The highest BCUT2D eigenvalue weighted by atomic mass is 79.9. The smallest absolute Gasteiger partial charge is 0.119 e. The molecule has 0 aliphatic rings. The van der Waals surface area contributed by atoms with Crippen LogP contribution in [0.15, 0.2) is 46.9 Å². The van der Waals surface area contributed by atoms with Crippen molar-refractivity contribution >= 4 is 33.1 Å². The van der Waals surface area contributed by atoms with Gasteiger partial charge in [0.2, 0.25) is 0 Å². The second-order valence-corrected chi connectivity index (χ2v) is 5.91. The van der Waals surface area contributed by atoms with Crippen molar-refractivity contribution in [2.24, 2.45) is 5.73 Å². The van der Waals surface area contributed by atoms with Gasteiger partial charge in [0.25, 0.3) is 0 Å². The predicted octanol–water partition coefficient (Wildman–Crippen LogP) is 3.87. The van der Waals surface area contributed by atoms with Crippen molar-refractivity contribution < 1.29 is 9.47 Å². The lowest BCUT2D eigenvalue weighted by atomic mass is 10.1. The van der Waals surface area contributed by atoms with Crippen LogP contribution in [0, 0.1) is 0 Å². The van der Waals surface area contributed by atoms with Gasteiger partial charge in [0, 0.05) is 16.5 Å². The molecule has 5 heteroatoms. The molecule has 0 amide bonds. The van der Waals surface area contributed by atoms with E-state index in [1.54, 1.807) is 7.11 Å². The van der Waals surface area contributed by atoms with E-state index in [1.165, 1.54) is 0 Å². The van der Waals surface area contributed by atoms with Crippen LogP contribution < -0.4 is 15.2 Å². The first-order chi connectivity index (χ1) is 10.1. The third kappa shape index (κ3) is 4.72. The van der Waals surface area contributed by atoms with Gasteiger partial charge in [0.1, 0.15) is 18.1 Å². The fraction of sp³-hybridized carbons (Fsp3) is 0.188. The highest BCUT2D eigenvalue weighted by Crippen LogP contribution is 2.24. The van der Waals surface area contributed by atoms with Crippen molar-refractivity contribution in [1.29, 1.82) is 0 Å². The molecule has 3 nitrogen and oxygen atoms in total. The molecule has 0 aromatic heterocycles. The van der Waals surface area contributed by atoms with Gasteiger partial charge in [0.15, 0.2) is 0 Å². The average Bonchev–Trinajstić information content (AvgIpc) is 2.47. The zero-order chi connectivity index (χ0) is 15.2. The van der Waals surface area contributed by atoms with Gasteiger partial charge in [0.05, 0.1) is 12.1 Å². The van der Waals surface area contributed by atoms with Gasteiger partial charge in [-0.15, -0.1) is 0 Å². The monoisotopic (exact) mass is 365 g/mol. The van der Waals surface area contributed by atoms with Crippen molar-refractivity contribution in [3.63, 3.8) is 0 Å². The minimum absolute atomic E-state index is 0.465. The molecule has 0 fully saturated rings. The van der Waals surface area contributed by atoms with Crippen molar-refractivity contribution in [1.82, 2.24) is 0 Å². The zero-order valence-corrected chi connectivity index (χ0v) is 14.0.